The molecule has 1 amide bonds. The van der Waals surface area contributed by atoms with E-state index < -0.39 is 0 Å². The highest BCUT2D eigenvalue weighted by molar-refractivity contribution is 5.93. The summed E-state index contributed by atoms with van der Waals surface area (Å²) in [6.45, 7) is 3.25. The van der Waals surface area contributed by atoms with Crippen molar-refractivity contribution < 1.29 is 4.79 Å². The van der Waals surface area contributed by atoms with Gasteiger partial charge in [-0.05, 0) is 38.0 Å². The molecule has 1 fully saturated rings. The van der Waals surface area contributed by atoms with Gasteiger partial charge in [0.05, 0.1) is 11.3 Å². The Labute approximate surface area is 133 Å². The summed E-state index contributed by atoms with van der Waals surface area (Å²) in [5.41, 5.74) is 1.20. The summed E-state index contributed by atoms with van der Waals surface area (Å²) in [5, 5.41) is 11.5. The van der Waals surface area contributed by atoms with Crippen LogP contribution < -0.4 is 10.9 Å². The second-order valence-electron chi connectivity index (χ2n) is 5.71. The zero-order valence-electron chi connectivity index (χ0n) is 13.0. The van der Waals surface area contributed by atoms with Gasteiger partial charge in [0.2, 0.25) is 5.56 Å². The van der Waals surface area contributed by atoms with E-state index in [1.54, 1.807) is 6.07 Å². The van der Waals surface area contributed by atoms with Crippen LogP contribution in [0.2, 0.25) is 0 Å². The number of hydrogen-bond donors (Lipinski definition) is 2. The van der Waals surface area contributed by atoms with Gasteiger partial charge in [0.1, 0.15) is 5.82 Å². The topological polar surface area (TPSA) is 91.0 Å². The number of amides is 1. The summed E-state index contributed by atoms with van der Waals surface area (Å²) in [7, 11) is 0. The maximum absolute atomic E-state index is 12.4. The molecule has 0 aliphatic carbocycles. The predicted molar refractivity (Wildman–Crippen MR) is 86.4 cm³/mol. The number of aromatic nitrogens is 3. The quantitative estimate of drug-likeness (QED) is 0.888. The fourth-order valence-corrected chi connectivity index (χ4v) is 2.64. The van der Waals surface area contributed by atoms with Gasteiger partial charge in [0.25, 0.3) is 5.91 Å². The van der Waals surface area contributed by atoms with E-state index in [1.807, 2.05) is 24.0 Å². The lowest BCUT2D eigenvalue weighted by molar-refractivity contribution is 0.0718. The van der Waals surface area contributed by atoms with Crippen molar-refractivity contribution in [3.05, 3.63) is 52.1 Å². The van der Waals surface area contributed by atoms with Crippen molar-refractivity contribution in [3.8, 4) is 0 Å². The molecule has 120 valence electrons. The number of aryl methyl sites for hydroxylation is 1. The van der Waals surface area contributed by atoms with Crippen LogP contribution in [0.1, 0.15) is 28.9 Å². The molecule has 2 N–H and O–H groups in total. The van der Waals surface area contributed by atoms with E-state index in [0.29, 0.717) is 18.7 Å². The molecular formula is C16H19N5O2. The standard InChI is InChI=1S/C16H19N5O2/c1-11-2-4-14(20-19-11)18-13-6-8-21(9-7-13)16(23)12-3-5-15(22)17-10-12/h2-5,10,13H,6-9H2,1H3,(H,17,22)(H,18,20). The average Bonchev–Trinajstić information content (AvgIpc) is 2.58. The van der Waals surface area contributed by atoms with Crippen LogP contribution in [-0.2, 0) is 0 Å². The Morgan fingerprint density at radius 2 is 2.00 bits per heavy atom. The first-order chi connectivity index (χ1) is 11.1. The molecule has 2 aromatic rings. The summed E-state index contributed by atoms with van der Waals surface area (Å²) in [6, 6.07) is 7.06. The number of H-pyrrole nitrogens is 1. The third-order valence-corrected chi connectivity index (χ3v) is 3.96. The van der Waals surface area contributed by atoms with Gasteiger partial charge < -0.3 is 15.2 Å². The van der Waals surface area contributed by atoms with Crippen molar-refractivity contribution in [1.82, 2.24) is 20.1 Å². The van der Waals surface area contributed by atoms with Crippen LogP contribution in [0.3, 0.4) is 0 Å². The minimum atomic E-state index is -0.205. The Balaban J connectivity index is 1.55. The van der Waals surface area contributed by atoms with E-state index in [4.69, 9.17) is 0 Å². The number of rotatable bonds is 3. The molecule has 1 aliphatic heterocycles. The van der Waals surface area contributed by atoms with Gasteiger partial charge in [0.15, 0.2) is 0 Å². The fourth-order valence-electron chi connectivity index (χ4n) is 2.64. The zero-order chi connectivity index (χ0) is 16.2. The van der Waals surface area contributed by atoms with E-state index in [-0.39, 0.29) is 17.5 Å². The summed E-state index contributed by atoms with van der Waals surface area (Å²) < 4.78 is 0. The lowest BCUT2D eigenvalue weighted by Crippen LogP contribution is -2.42. The lowest BCUT2D eigenvalue weighted by Gasteiger charge is -2.32. The largest absolute Gasteiger partial charge is 0.366 e. The molecule has 3 rings (SSSR count). The second-order valence-corrected chi connectivity index (χ2v) is 5.71. The number of carbonyl (C=O) groups is 1. The Kier molecular flexibility index (Phi) is 4.36. The van der Waals surface area contributed by atoms with Crippen molar-refractivity contribution in [1.29, 1.82) is 0 Å². The Hall–Kier alpha value is -2.70. The molecule has 2 aromatic heterocycles. The number of pyridine rings is 1. The second kappa shape index (κ2) is 6.60. The third kappa shape index (κ3) is 3.74. The van der Waals surface area contributed by atoms with Crippen LogP contribution in [0.5, 0.6) is 0 Å². The van der Waals surface area contributed by atoms with Crippen molar-refractivity contribution >= 4 is 11.7 Å². The molecule has 0 unspecified atom stereocenters. The van der Waals surface area contributed by atoms with Gasteiger partial charge in [-0.1, -0.05) is 0 Å². The molecule has 3 heterocycles. The summed E-state index contributed by atoms with van der Waals surface area (Å²) in [6.07, 6.45) is 3.17. The molecule has 1 aliphatic rings. The van der Waals surface area contributed by atoms with Crippen LogP contribution >= 0.6 is 0 Å². The molecular weight excluding hydrogens is 294 g/mol. The molecule has 7 heteroatoms. The molecule has 0 bridgehead atoms. The van der Waals surface area contributed by atoms with Crippen molar-refractivity contribution in [2.75, 3.05) is 18.4 Å². The van der Waals surface area contributed by atoms with Gasteiger partial charge in [-0.3, -0.25) is 9.59 Å². The van der Waals surface area contributed by atoms with Gasteiger partial charge in [-0.15, -0.1) is 5.10 Å². The molecule has 1 saturated heterocycles. The first-order valence-electron chi connectivity index (χ1n) is 7.67. The number of nitrogens with zero attached hydrogens (tertiary/aromatic N) is 3. The Morgan fingerprint density at radius 1 is 1.22 bits per heavy atom. The lowest BCUT2D eigenvalue weighted by atomic mass is 10.0. The minimum Gasteiger partial charge on any atom is -0.366 e. The molecule has 0 atom stereocenters. The van der Waals surface area contributed by atoms with E-state index in [1.165, 1.54) is 12.3 Å². The van der Waals surface area contributed by atoms with Crippen LogP contribution in [-0.4, -0.2) is 45.1 Å². The number of piperidine rings is 1. The summed E-state index contributed by atoms with van der Waals surface area (Å²) in [4.78, 5) is 27.8. The monoisotopic (exact) mass is 313 g/mol. The predicted octanol–water partition coefficient (Wildman–Crippen LogP) is 1.19. The van der Waals surface area contributed by atoms with Crippen molar-refractivity contribution in [2.24, 2.45) is 0 Å². The maximum Gasteiger partial charge on any atom is 0.255 e. The van der Waals surface area contributed by atoms with Gasteiger partial charge in [0, 0.05) is 31.4 Å². The van der Waals surface area contributed by atoms with Crippen LogP contribution in [0.15, 0.2) is 35.3 Å². The molecule has 0 radical (unpaired) electrons. The van der Waals surface area contributed by atoms with Crippen molar-refractivity contribution in [2.45, 2.75) is 25.8 Å². The fraction of sp³-hybridized carbons (Fsp3) is 0.375. The Bertz CT molecular complexity index is 712. The van der Waals surface area contributed by atoms with Gasteiger partial charge >= 0.3 is 0 Å². The molecule has 0 aromatic carbocycles. The van der Waals surface area contributed by atoms with Gasteiger partial charge in [-0.2, -0.15) is 5.10 Å². The first kappa shape index (κ1) is 15.2. The molecule has 0 saturated carbocycles. The number of nitrogens with one attached hydrogen (secondary N) is 2. The van der Waals surface area contributed by atoms with E-state index in [9.17, 15) is 9.59 Å². The van der Waals surface area contributed by atoms with Crippen molar-refractivity contribution in [3.63, 3.8) is 0 Å². The SMILES string of the molecule is Cc1ccc(NC2CCN(C(=O)c3ccc(=O)[nH]c3)CC2)nn1. The van der Waals surface area contributed by atoms with E-state index >= 15 is 0 Å². The average molecular weight is 313 g/mol. The Morgan fingerprint density at radius 3 is 2.61 bits per heavy atom. The van der Waals surface area contributed by atoms with Crippen LogP contribution in [0, 0.1) is 6.92 Å². The smallest absolute Gasteiger partial charge is 0.255 e. The minimum absolute atomic E-state index is 0.0465. The van der Waals surface area contributed by atoms with Gasteiger partial charge in [-0.25, -0.2) is 0 Å². The number of anilines is 1. The zero-order valence-corrected chi connectivity index (χ0v) is 13.0. The third-order valence-electron chi connectivity index (χ3n) is 3.96. The highest BCUT2D eigenvalue weighted by Gasteiger charge is 2.23. The molecule has 7 nitrogen and oxygen atoms in total. The number of likely N-dealkylation sites (tertiary alicyclic amines) is 1. The number of aromatic amines is 1. The summed E-state index contributed by atoms with van der Waals surface area (Å²) >= 11 is 0. The van der Waals surface area contributed by atoms with Crippen LogP contribution in [0.25, 0.3) is 0 Å². The maximum atomic E-state index is 12.4. The molecule has 23 heavy (non-hydrogen) atoms. The summed E-state index contributed by atoms with van der Waals surface area (Å²) in [5.74, 6) is 0.718. The van der Waals surface area contributed by atoms with E-state index in [0.717, 1.165) is 24.4 Å². The first-order valence-corrected chi connectivity index (χ1v) is 7.67. The van der Waals surface area contributed by atoms with Crippen LogP contribution in [0.4, 0.5) is 5.82 Å². The normalized spacial score (nSPS) is 15.4. The number of hydrogen-bond acceptors (Lipinski definition) is 5. The number of carbonyl (C=O) groups excluding carboxylic acids is 1. The molecule has 0 spiro atoms. The van der Waals surface area contributed by atoms with E-state index in [2.05, 4.69) is 20.5 Å². The highest BCUT2D eigenvalue weighted by atomic mass is 16.2. The highest BCUT2D eigenvalue weighted by Crippen LogP contribution is 2.16.